The lowest BCUT2D eigenvalue weighted by Crippen LogP contribution is -2.22. The first-order valence-corrected chi connectivity index (χ1v) is 6.65. The Morgan fingerprint density at radius 2 is 1.95 bits per heavy atom. The Balaban J connectivity index is 2.44. The summed E-state index contributed by atoms with van der Waals surface area (Å²) in [5.74, 6) is 1.61. The van der Waals surface area contributed by atoms with E-state index in [1.807, 2.05) is 30.5 Å². The van der Waals surface area contributed by atoms with Crippen molar-refractivity contribution < 1.29 is 9.47 Å². The molecule has 0 fully saturated rings. The third kappa shape index (κ3) is 3.08. The maximum atomic E-state index is 5.46. The lowest BCUT2D eigenvalue weighted by Gasteiger charge is -2.21. The van der Waals surface area contributed by atoms with Crippen molar-refractivity contribution in [1.29, 1.82) is 0 Å². The van der Waals surface area contributed by atoms with Crippen molar-refractivity contribution in [2.75, 3.05) is 20.8 Å². The topological polar surface area (TPSA) is 43.4 Å². The van der Waals surface area contributed by atoms with Crippen molar-refractivity contribution in [2.24, 2.45) is 0 Å². The summed E-state index contributed by atoms with van der Waals surface area (Å²) in [6, 6.07) is 10.0. The Labute approximate surface area is 119 Å². The van der Waals surface area contributed by atoms with Gasteiger partial charge in [-0.05, 0) is 24.2 Å². The van der Waals surface area contributed by atoms with Crippen LogP contribution in [-0.2, 0) is 0 Å². The monoisotopic (exact) mass is 272 g/mol. The van der Waals surface area contributed by atoms with Crippen molar-refractivity contribution in [3.63, 3.8) is 0 Å². The van der Waals surface area contributed by atoms with Crippen LogP contribution in [0.2, 0.25) is 0 Å². The van der Waals surface area contributed by atoms with E-state index >= 15 is 0 Å². The Morgan fingerprint density at radius 1 is 1.15 bits per heavy atom. The Bertz CT molecular complexity index is 558. The highest BCUT2D eigenvalue weighted by atomic mass is 16.5. The molecule has 1 aromatic heterocycles. The first kappa shape index (κ1) is 14.3. The quantitative estimate of drug-likeness (QED) is 0.878. The summed E-state index contributed by atoms with van der Waals surface area (Å²) in [7, 11) is 3.33. The lowest BCUT2D eigenvalue weighted by molar-refractivity contribution is 0.402. The van der Waals surface area contributed by atoms with Gasteiger partial charge in [-0.25, -0.2) is 0 Å². The molecular formula is C16H20N2O2. The second kappa shape index (κ2) is 6.91. The first-order chi connectivity index (χ1) is 9.80. The van der Waals surface area contributed by atoms with Gasteiger partial charge in [-0.3, -0.25) is 4.98 Å². The summed E-state index contributed by atoms with van der Waals surface area (Å²) in [4.78, 5) is 4.23. The van der Waals surface area contributed by atoms with Crippen LogP contribution in [0.1, 0.15) is 24.1 Å². The van der Waals surface area contributed by atoms with Crippen LogP contribution in [0.5, 0.6) is 11.5 Å². The number of nitrogens with one attached hydrogen (secondary N) is 1. The maximum Gasteiger partial charge on any atom is 0.137 e. The number of nitrogens with zero attached hydrogens (tertiary/aromatic N) is 1. The first-order valence-electron chi connectivity index (χ1n) is 6.65. The van der Waals surface area contributed by atoms with Crippen LogP contribution in [0.4, 0.5) is 0 Å². The summed E-state index contributed by atoms with van der Waals surface area (Å²) in [5.41, 5.74) is 2.14. The summed E-state index contributed by atoms with van der Waals surface area (Å²) < 4.78 is 10.7. The number of hydrogen-bond donors (Lipinski definition) is 1. The van der Waals surface area contributed by atoms with E-state index in [4.69, 9.17) is 9.47 Å². The van der Waals surface area contributed by atoms with E-state index in [1.54, 1.807) is 20.4 Å². The van der Waals surface area contributed by atoms with Gasteiger partial charge in [-0.2, -0.15) is 0 Å². The number of ether oxygens (including phenoxy) is 2. The zero-order valence-corrected chi connectivity index (χ0v) is 12.1. The molecular weight excluding hydrogens is 252 g/mol. The zero-order valence-electron chi connectivity index (χ0n) is 12.1. The highest BCUT2D eigenvalue weighted by molar-refractivity contribution is 5.42. The third-order valence-corrected chi connectivity index (χ3v) is 3.16. The van der Waals surface area contributed by atoms with Crippen LogP contribution in [0, 0.1) is 0 Å². The maximum absolute atomic E-state index is 5.46. The number of aromatic nitrogens is 1. The minimum atomic E-state index is 0.0266. The normalized spacial score (nSPS) is 11.9. The van der Waals surface area contributed by atoms with Gasteiger partial charge >= 0.3 is 0 Å². The molecule has 0 spiro atoms. The minimum absolute atomic E-state index is 0.0266. The van der Waals surface area contributed by atoms with Crippen molar-refractivity contribution in [1.82, 2.24) is 10.3 Å². The highest BCUT2D eigenvalue weighted by Crippen LogP contribution is 2.30. The second-order valence-electron chi connectivity index (χ2n) is 4.39. The molecule has 0 radical (unpaired) electrons. The molecule has 0 bridgehead atoms. The molecule has 0 saturated heterocycles. The summed E-state index contributed by atoms with van der Waals surface area (Å²) in [5, 5.41) is 3.47. The fraction of sp³-hybridized carbons (Fsp3) is 0.312. The van der Waals surface area contributed by atoms with Gasteiger partial charge in [0.25, 0.3) is 0 Å². The van der Waals surface area contributed by atoms with Crippen molar-refractivity contribution in [3.05, 3.63) is 53.9 Å². The van der Waals surface area contributed by atoms with Gasteiger partial charge in [-0.15, -0.1) is 0 Å². The standard InChI is InChI=1S/C16H20N2O2/c1-4-18-16(12-9-13(19-2)11-17-10-12)14-7-5-6-8-15(14)20-3/h5-11,16,18H,4H2,1-3H3. The molecule has 4 nitrogen and oxygen atoms in total. The lowest BCUT2D eigenvalue weighted by atomic mass is 9.99. The minimum Gasteiger partial charge on any atom is -0.496 e. The average Bonchev–Trinajstić information content (AvgIpc) is 2.52. The van der Waals surface area contributed by atoms with Crippen molar-refractivity contribution >= 4 is 0 Å². The molecule has 1 heterocycles. The van der Waals surface area contributed by atoms with Crippen LogP contribution in [0.25, 0.3) is 0 Å². The summed E-state index contributed by atoms with van der Waals surface area (Å²) >= 11 is 0. The molecule has 1 unspecified atom stereocenters. The Kier molecular flexibility index (Phi) is 4.96. The third-order valence-electron chi connectivity index (χ3n) is 3.16. The predicted octanol–water partition coefficient (Wildman–Crippen LogP) is 2.80. The fourth-order valence-electron chi connectivity index (χ4n) is 2.22. The van der Waals surface area contributed by atoms with Gasteiger partial charge in [0.15, 0.2) is 0 Å². The number of hydrogen-bond acceptors (Lipinski definition) is 4. The van der Waals surface area contributed by atoms with E-state index in [2.05, 4.69) is 23.3 Å². The van der Waals surface area contributed by atoms with E-state index < -0.39 is 0 Å². The molecule has 0 aliphatic heterocycles. The molecule has 106 valence electrons. The Morgan fingerprint density at radius 3 is 2.65 bits per heavy atom. The van der Waals surface area contributed by atoms with Crippen LogP contribution in [0.3, 0.4) is 0 Å². The van der Waals surface area contributed by atoms with E-state index in [9.17, 15) is 0 Å². The molecule has 4 heteroatoms. The van der Waals surface area contributed by atoms with Crippen molar-refractivity contribution in [2.45, 2.75) is 13.0 Å². The van der Waals surface area contributed by atoms with Crippen LogP contribution < -0.4 is 14.8 Å². The molecule has 0 aliphatic rings. The molecule has 20 heavy (non-hydrogen) atoms. The molecule has 1 atom stereocenters. The molecule has 2 rings (SSSR count). The number of pyridine rings is 1. The predicted molar refractivity (Wildman–Crippen MR) is 79.3 cm³/mol. The van der Waals surface area contributed by atoms with E-state index in [-0.39, 0.29) is 6.04 Å². The molecule has 0 amide bonds. The van der Waals surface area contributed by atoms with Gasteiger partial charge < -0.3 is 14.8 Å². The molecule has 0 aliphatic carbocycles. The van der Waals surface area contributed by atoms with Crippen LogP contribution in [0.15, 0.2) is 42.7 Å². The van der Waals surface area contributed by atoms with Crippen molar-refractivity contribution in [3.8, 4) is 11.5 Å². The van der Waals surface area contributed by atoms with E-state index in [0.29, 0.717) is 0 Å². The highest BCUT2D eigenvalue weighted by Gasteiger charge is 2.17. The number of para-hydroxylation sites is 1. The smallest absolute Gasteiger partial charge is 0.137 e. The molecule has 1 aromatic carbocycles. The molecule has 1 N–H and O–H groups in total. The average molecular weight is 272 g/mol. The SMILES string of the molecule is CCNC(c1cncc(OC)c1)c1ccccc1OC. The summed E-state index contributed by atoms with van der Waals surface area (Å²) in [6.07, 6.45) is 3.55. The van der Waals surface area contributed by atoms with Gasteiger partial charge in [0.05, 0.1) is 26.5 Å². The van der Waals surface area contributed by atoms with Gasteiger partial charge in [0.2, 0.25) is 0 Å². The number of benzene rings is 1. The van der Waals surface area contributed by atoms with E-state index in [0.717, 1.165) is 29.2 Å². The summed E-state index contributed by atoms with van der Waals surface area (Å²) in [6.45, 7) is 2.93. The second-order valence-corrected chi connectivity index (χ2v) is 4.39. The number of rotatable bonds is 6. The zero-order chi connectivity index (χ0) is 14.4. The van der Waals surface area contributed by atoms with Gasteiger partial charge in [0, 0.05) is 11.8 Å². The van der Waals surface area contributed by atoms with Crippen LogP contribution in [-0.4, -0.2) is 25.7 Å². The molecule has 0 saturated carbocycles. The number of methoxy groups -OCH3 is 2. The van der Waals surface area contributed by atoms with Gasteiger partial charge in [-0.1, -0.05) is 25.1 Å². The fourth-order valence-corrected chi connectivity index (χ4v) is 2.22. The van der Waals surface area contributed by atoms with Gasteiger partial charge in [0.1, 0.15) is 11.5 Å². The van der Waals surface area contributed by atoms with Crippen LogP contribution >= 0.6 is 0 Å². The van der Waals surface area contributed by atoms with E-state index in [1.165, 1.54) is 0 Å². The Hall–Kier alpha value is -2.07. The molecule has 2 aromatic rings. The largest absolute Gasteiger partial charge is 0.496 e.